The fraction of sp³-hybridized carbons (Fsp3) is 0.980. The van der Waals surface area contributed by atoms with Crippen LogP contribution in [0.4, 0.5) is 0 Å². The van der Waals surface area contributed by atoms with Gasteiger partial charge in [-0.15, -0.1) is 0 Å². The number of unbranched alkanes of at least 4 members (excludes halogenated alkanes) is 37. The van der Waals surface area contributed by atoms with Crippen LogP contribution in [0.2, 0.25) is 0 Å². The van der Waals surface area contributed by atoms with Crippen LogP contribution in [0.1, 0.15) is 277 Å². The number of hydrogen-bond donors (Lipinski definition) is 4. The molecule has 0 aliphatic heterocycles. The van der Waals surface area contributed by atoms with Crippen LogP contribution in [0.25, 0.3) is 0 Å². The van der Waals surface area contributed by atoms with E-state index >= 15 is 0 Å². The Bertz CT molecular complexity index is 880. The Hall–Kier alpha value is -0.500. The first kappa shape index (κ1) is 57.5. The average molecular weight is 845 g/mol. The van der Waals surface area contributed by atoms with E-state index in [9.17, 15) is 19.4 Å². The van der Waals surface area contributed by atoms with Gasteiger partial charge in [-0.05, 0) is 12.8 Å². The van der Waals surface area contributed by atoms with Crippen LogP contribution in [0.5, 0.6) is 0 Å². The van der Waals surface area contributed by atoms with Crippen molar-refractivity contribution >= 4 is 13.7 Å². The quantitative estimate of drug-likeness (QED) is 0.0354. The molecule has 9 heteroatoms. The zero-order valence-electron chi connectivity index (χ0n) is 38.8. The maximum absolute atomic E-state index is 12.8. The molecule has 0 aromatic rings. The van der Waals surface area contributed by atoms with Gasteiger partial charge < -0.3 is 21.1 Å². The van der Waals surface area contributed by atoms with Crippen LogP contribution in [0.15, 0.2) is 0 Å². The summed E-state index contributed by atoms with van der Waals surface area (Å²) in [5.41, 5.74) is 5.38. The van der Waals surface area contributed by atoms with Gasteiger partial charge in [0.05, 0.1) is 25.4 Å². The first-order chi connectivity index (χ1) is 28.4. The zero-order valence-corrected chi connectivity index (χ0v) is 39.7. The van der Waals surface area contributed by atoms with Crippen molar-refractivity contribution in [2.45, 2.75) is 289 Å². The summed E-state index contributed by atoms with van der Waals surface area (Å²) in [6.07, 6.45) is 51.6. The Kier molecular flexibility index (Phi) is 45.6. The molecular weight excluding hydrogens is 744 g/mol. The topological polar surface area (TPSA) is 131 Å². The van der Waals surface area contributed by atoms with E-state index in [0.717, 1.165) is 38.5 Å². The van der Waals surface area contributed by atoms with Gasteiger partial charge in [0.25, 0.3) is 0 Å². The summed E-state index contributed by atoms with van der Waals surface area (Å²) in [6, 6.07) is -0.767. The van der Waals surface area contributed by atoms with Gasteiger partial charge in [-0.2, -0.15) is 0 Å². The van der Waals surface area contributed by atoms with Crippen molar-refractivity contribution < 1.29 is 28.4 Å². The smallest absolute Gasteiger partial charge is 0.391 e. The molecule has 0 heterocycles. The summed E-state index contributed by atoms with van der Waals surface area (Å²) in [5, 5.41) is 13.8. The summed E-state index contributed by atoms with van der Waals surface area (Å²) in [4.78, 5) is 22.7. The molecular formula is C49H101N2O6P. The minimum absolute atomic E-state index is 0.0923. The molecule has 8 nitrogen and oxygen atoms in total. The normalized spacial score (nSPS) is 13.8. The molecule has 3 atom stereocenters. The SMILES string of the molecule is CCCCCCCCCCCCCCCCCCCCCCCCCCCCCCCCC(=O)N[C@@H](COP(=O)(O)OCCN)[C@H](O)CCCCCCCCCCC. The fourth-order valence-corrected chi connectivity index (χ4v) is 8.84. The number of aliphatic hydroxyl groups is 1. The van der Waals surface area contributed by atoms with Crippen molar-refractivity contribution in [2.24, 2.45) is 5.73 Å². The lowest BCUT2D eigenvalue weighted by Gasteiger charge is -2.25. The lowest BCUT2D eigenvalue weighted by molar-refractivity contribution is -0.123. The number of aliphatic hydroxyl groups excluding tert-OH is 1. The number of phosphoric ester groups is 1. The Morgan fingerprint density at radius 2 is 0.793 bits per heavy atom. The van der Waals surface area contributed by atoms with Gasteiger partial charge in [0.15, 0.2) is 0 Å². The second-order valence-electron chi connectivity index (χ2n) is 17.7. The minimum atomic E-state index is -4.31. The van der Waals surface area contributed by atoms with Crippen molar-refractivity contribution in [3.05, 3.63) is 0 Å². The van der Waals surface area contributed by atoms with Crippen LogP contribution >= 0.6 is 7.82 Å². The van der Waals surface area contributed by atoms with Crippen molar-refractivity contribution in [2.75, 3.05) is 19.8 Å². The lowest BCUT2D eigenvalue weighted by Crippen LogP contribution is -2.46. The van der Waals surface area contributed by atoms with Gasteiger partial charge in [-0.1, -0.05) is 258 Å². The van der Waals surface area contributed by atoms with E-state index in [1.54, 1.807) is 0 Å². The molecule has 5 N–H and O–H groups in total. The van der Waals surface area contributed by atoms with E-state index < -0.39 is 20.0 Å². The number of carbonyl (C=O) groups is 1. The summed E-state index contributed by atoms with van der Waals surface area (Å²) in [6.45, 7) is 4.22. The Labute approximate surface area is 361 Å². The Balaban J connectivity index is 3.76. The standard InChI is InChI=1S/C49H101N2O6P/c1-3-5-7-9-11-13-14-15-16-17-18-19-20-21-22-23-24-25-26-27-28-29-30-31-32-33-35-37-39-41-43-49(53)51-47(46-57-58(54,55)56-45-44-50)48(52)42-40-38-36-34-12-10-8-6-4-2/h47-48,52H,3-46,50H2,1-2H3,(H,51,53)(H,54,55)/t47-,48+/m0/s1. The monoisotopic (exact) mass is 845 g/mol. The zero-order chi connectivity index (χ0) is 42.5. The molecule has 1 unspecified atom stereocenters. The molecule has 0 aliphatic carbocycles. The third-order valence-corrected chi connectivity index (χ3v) is 12.9. The van der Waals surface area contributed by atoms with Gasteiger partial charge in [0.2, 0.25) is 5.91 Å². The maximum Gasteiger partial charge on any atom is 0.472 e. The van der Waals surface area contributed by atoms with Crippen LogP contribution in [0, 0.1) is 0 Å². The predicted octanol–water partition coefficient (Wildman–Crippen LogP) is 15.0. The van der Waals surface area contributed by atoms with Gasteiger partial charge in [-0.25, -0.2) is 4.57 Å². The largest absolute Gasteiger partial charge is 0.472 e. The molecule has 0 fully saturated rings. The number of nitrogens with two attached hydrogens (primary N) is 1. The molecule has 1 amide bonds. The van der Waals surface area contributed by atoms with E-state index in [1.807, 2.05) is 0 Å². The molecule has 0 aromatic carbocycles. The molecule has 0 saturated heterocycles. The Morgan fingerprint density at radius 1 is 0.500 bits per heavy atom. The van der Waals surface area contributed by atoms with Crippen molar-refractivity contribution in [1.29, 1.82) is 0 Å². The van der Waals surface area contributed by atoms with Gasteiger partial charge in [0, 0.05) is 13.0 Å². The molecule has 58 heavy (non-hydrogen) atoms. The van der Waals surface area contributed by atoms with Crippen molar-refractivity contribution in [3.8, 4) is 0 Å². The van der Waals surface area contributed by atoms with Crippen LogP contribution < -0.4 is 11.1 Å². The van der Waals surface area contributed by atoms with E-state index in [-0.39, 0.29) is 25.7 Å². The number of hydrogen-bond acceptors (Lipinski definition) is 6. The van der Waals surface area contributed by atoms with E-state index in [4.69, 9.17) is 14.8 Å². The first-order valence-corrected chi connectivity index (χ1v) is 27.1. The Morgan fingerprint density at radius 3 is 1.10 bits per heavy atom. The number of rotatable bonds is 49. The van der Waals surface area contributed by atoms with Crippen LogP contribution in [0.3, 0.4) is 0 Å². The number of nitrogens with one attached hydrogen (secondary N) is 1. The lowest BCUT2D eigenvalue weighted by atomic mass is 10.0. The molecule has 0 aromatic heterocycles. The minimum Gasteiger partial charge on any atom is -0.391 e. The van der Waals surface area contributed by atoms with Gasteiger partial charge >= 0.3 is 7.82 Å². The molecule has 0 bridgehead atoms. The highest BCUT2D eigenvalue weighted by atomic mass is 31.2. The van der Waals surface area contributed by atoms with Crippen molar-refractivity contribution in [1.82, 2.24) is 5.32 Å². The fourth-order valence-electron chi connectivity index (χ4n) is 8.08. The summed E-state index contributed by atoms with van der Waals surface area (Å²) in [5.74, 6) is -0.157. The second-order valence-corrected chi connectivity index (χ2v) is 19.2. The predicted molar refractivity (Wildman–Crippen MR) is 249 cm³/mol. The summed E-state index contributed by atoms with van der Waals surface area (Å²) in [7, 11) is -4.31. The third-order valence-electron chi connectivity index (χ3n) is 12.0. The average Bonchev–Trinajstić information content (AvgIpc) is 3.21. The molecule has 0 rings (SSSR count). The van der Waals surface area contributed by atoms with Crippen LogP contribution in [-0.4, -0.2) is 47.8 Å². The van der Waals surface area contributed by atoms with E-state index in [2.05, 4.69) is 19.2 Å². The number of phosphoric acid groups is 1. The first-order valence-electron chi connectivity index (χ1n) is 25.7. The molecule has 0 radical (unpaired) electrons. The van der Waals surface area contributed by atoms with Gasteiger partial charge in [-0.3, -0.25) is 13.8 Å². The third kappa shape index (κ3) is 43.6. The molecule has 348 valence electrons. The number of carbonyl (C=O) groups excluding carboxylic acids is 1. The highest BCUT2D eigenvalue weighted by Crippen LogP contribution is 2.43. The summed E-state index contributed by atoms with van der Waals surface area (Å²) < 4.78 is 22.2. The highest BCUT2D eigenvalue weighted by Gasteiger charge is 2.27. The molecule has 0 saturated carbocycles. The van der Waals surface area contributed by atoms with Crippen LogP contribution in [-0.2, 0) is 18.4 Å². The molecule has 0 aliphatic rings. The number of amides is 1. The second kappa shape index (κ2) is 46.0. The van der Waals surface area contributed by atoms with Crippen molar-refractivity contribution in [3.63, 3.8) is 0 Å². The van der Waals surface area contributed by atoms with Gasteiger partial charge in [0.1, 0.15) is 0 Å². The molecule has 0 spiro atoms. The van der Waals surface area contributed by atoms with E-state index in [0.29, 0.717) is 12.8 Å². The summed E-state index contributed by atoms with van der Waals surface area (Å²) >= 11 is 0. The van der Waals surface area contributed by atoms with E-state index in [1.165, 1.54) is 212 Å². The maximum atomic E-state index is 12.8. The highest BCUT2D eigenvalue weighted by molar-refractivity contribution is 7.47.